The molecule has 1 aromatic rings. The molecule has 1 aromatic carbocycles. The number of amides is 2. The minimum atomic E-state index is -0.0867. The van der Waals surface area contributed by atoms with Crippen LogP contribution in [0.25, 0.3) is 0 Å². The smallest absolute Gasteiger partial charge is 0.238 e. The van der Waals surface area contributed by atoms with Crippen molar-refractivity contribution in [2.24, 2.45) is 0 Å². The number of likely N-dealkylation sites (N-methyl/N-ethyl adjacent to an activating group) is 1. The lowest BCUT2D eigenvalue weighted by Crippen LogP contribution is -2.43. The monoisotopic (exact) mass is 317 g/mol. The van der Waals surface area contributed by atoms with Crippen LogP contribution in [0, 0.1) is 13.8 Å². The first-order valence-corrected chi connectivity index (χ1v) is 8.30. The summed E-state index contributed by atoms with van der Waals surface area (Å²) in [6.07, 6.45) is 3.38. The van der Waals surface area contributed by atoms with E-state index in [0.29, 0.717) is 6.54 Å². The Morgan fingerprint density at radius 1 is 1.09 bits per heavy atom. The number of aryl methyl sites for hydroxylation is 2. The molecule has 126 valence electrons. The average molecular weight is 317 g/mol. The summed E-state index contributed by atoms with van der Waals surface area (Å²) in [5.41, 5.74) is 2.96. The summed E-state index contributed by atoms with van der Waals surface area (Å²) >= 11 is 0. The number of nitrogens with one attached hydrogen (secondary N) is 1. The van der Waals surface area contributed by atoms with Crippen LogP contribution >= 0.6 is 0 Å². The molecule has 1 N–H and O–H groups in total. The van der Waals surface area contributed by atoms with Crippen LogP contribution in [0.2, 0.25) is 0 Å². The first-order valence-electron chi connectivity index (χ1n) is 8.30. The number of benzene rings is 1. The highest BCUT2D eigenvalue weighted by atomic mass is 16.2. The van der Waals surface area contributed by atoms with Gasteiger partial charge in [-0.2, -0.15) is 0 Å². The molecule has 0 atom stereocenters. The van der Waals surface area contributed by atoms with Gasteiger partial charge in [0.25, 0.3) is 0 Å². The van der Waals surface area contributed by atoms with E-state index < -0.39 is 0 Å². The van der Waals surface area contributed by atoms with Crippen LogP contribution in [0.1, 0.15) is 30.4 Å². The predicted molar refractivity (Wildman–Crippen MR) is 92.5 cm³/mol. The zero-order valence-electron chi connectivity index (χ0n) is 14.4. The fraction of sp³-hybridized carbons (Fsp3) is 0.556. The maximum Gasteiger partial charge on any atom is 0.238 e. The molecule has 0 spiro atoms. The van der Waals surface area contributed by atoms with Crippen LogP contribution in [0.15, 0.2) is 18.2 Å². The lowest BCUT2D eigenvalue weighted by molar-refractivity contribution is -0.133. The summed E-state index contributed by atoms with van der Waals surface area (Å²) in [4.78, 5) is 28.1. The van der Waals surface area contributed by atoms with Gasteiger partial charge < -0.3 is 10.2 Å². The first kappa shape index (κ1) is 17.5. The molecular weight excluding hydrogens is 290 g/mol. The number of carbonyl (C=O) groups excluding carboxylic acids is 2. The highest BCUT2D eigenvalue weighted by Gasteiger charge is 2.19. The molecule has 0 unspecified atom stereocenters. The van der Waals surface area contributed by atoms with Gasteiger partial charge in [-0.25, -0.2) is 0 Å². The van der Waals surface area contributed by atoms with Gasteiger partial charge in [0.2, 0.25) is 11.8 Å². The van der Waals surface area contributed by atoms with E-state index in [4.69, 9.17) is 0 Å². The summed E-state index contributed by atoms with van der Waals surface area (Å²) in [7, 11) is 1.81. The quantitative estimate of drug-likeness (QED) is 0.906. The second-order valence-electron chi connectivity index (χ2n) is 6.43. The summed E-state index contributed by atoms with van der Waals surface area (Å²) in [6.45, 7) is 6.16. The lowest BCUT2D eigenvalue weighted by atomic mass is 10.1. The predicted octanol–water partition coefficient (Wildman–Crippen LogP) is 2.19. The van der Waals surface area contributed by atoms with Crippen molar-refractivity contribution < 1.29 is 9.59 Å². The van der Waals surface area contributed by atoms with Gasteiger partial charge in [-0.1, -0.05) is 18.2 Å². The third kappa shape index (κ3) is 5.06. The van der Waals surface area contributed by atoms with E-state index in [0.717, 1.165) is 42.7 Å². The number of rotatable bonds is 5. The van der Waals surface area contributed by atoms with Crippen molar-refractivity contribution in [1.82, 2.24) is 9.80 Å². The molecule has 0 radical (unpaired) electrons. The minimum Gasteiger partial charge on any atom is -0.342 e. The van der Waals surface area contributed by atoms with Gasteiger partial charge in [-0.05, 0) is 51.3 Å². The highest BCUT2D eigenvalue weighted by Crippen LogP contribution is 2.19. The SMILES string of the molecule is Cc1cccc(C)c1NC(=O)CN(C)CC(=O)N1CCCCC1. The van der Waals surface area contributed by atoms with E-state index in [2.05, 4.69) is 5.32 Å². The number of para-hydroxylation sites is 1. The average Bonchev–Trinajstić information content (AvgIpc) is 2.51. The van der Waals surface area contributed by atoms with E-state index in [1.807, 2.05) is 44.0 Å². The summed E-state index contributed by atoms with van der Waals surface area (Å²) in [5, 5.41) is 2.96. The van der Waals surface area contributed by atoms with Gasteiger partial charge in [0.1, 0.15) is 0 Å². The molecule has 0 saturated carbocycles. The zero-order chi connectivity index (χ0) is 16.8. The van der Waals surface area contributed by atoms with E-state index in [1.54, 1.807) is 4.90 Å². The maximum atomic E-state index is 12.2. The van der Waals surface area contributed by atoms with Crippen molar-refractivity contribution >= 4 is 17.5 Å². The lowest BCUT2D eigenvalue weighted by Gasteiger charge is -2.28. The van der Waals surface area contributed by atoms with Gasteiger partial charge in [0, 0.05) is 18.8 Å². The van der Waals surface area contributed by atoms with E-state index in [-0.39, 0.29) is 18.4 Å². The van der Waals surface area contributed by atoms with Gasteiger partial charge in [0.05, 0.1) is 13.1 Å². The van der Waals surface area contributed by atoms with Crippen molar-refractivity contribution in [2.45, 2.75) is 33.1 Å². The van der Waals surface area contributed by atoms with Gasteiger partial charge in [-0.15, -0.1) is 0 Å². The third-order valence-electron chi connectivity index (χ3n) is 4.27. The van der Waals surface area contributed by atoms with Gasteiger partial charge >= 0.3 is 0 Å². The molecular formula is C18H27N3O2. The number of hydrogen-bond acceptors (Lipinski definition) is 3. The van der Waals surface area contributed by atoms with Crippen molar-refractivity contribution in [1.29, 1.82) is 0 Å². The van der Waals surface area contributed by atoms with Crippen LogP contribution in [0.3, 0.4) is 0 Å². The Labute approximate surface area is 138 Å². The van der Waals surface area contributed by atoms with Crippen molar-refractivity contribution in [3.05, 3.63) is 29.3 Å². The van der Waals surface area contributed by atoms with Crippen LogP contribution in [0.4, 0.5) is 5.69 Å². The highest BCUT2D eigenvalue weighted by molar-refractivity contribution is 5.94. The van der Waals surface area contributed by atoms with Crippen LogP contribution in [0.5, 0.6) is 0 Å². The summed E-state index contributed by atoms with van der Waals surface area (Å²) < 4.78 is 0. The normalized spacial score (nSPS) is 14.9. The Kier molecular flexibility index (Phi) is 6.16. The molecule has 0 aromatic heterocycles. The molecule has 1 aliphatic rings. The first-order chi connectivity index (χ1) is 11.0. The van der Waals surface area contributed by atoms with Crippen LogP contribution in [-0.2, 0) is 9.59 Å². The van der Waals surface area contributed by atoms with Crippen LogP contribution in [-0.4, -0.2) is 54.8 Å². The number of anilines is 1. The molecule has 2 rings (SSSR count). The fourth-order valence-corrected chi connectivity index (χ4v) is 2.97. The molecule has 2 amide bonds. The van der Waals surface area contributed by atoms with Gasteiger partial charge in [0.15, 0.2) is 0 Å². The zero-order valence-corrected chi connectivity index (χ0v) is 14.4. The van der Waals surface area contributed by atoms with E-state index in [1.165, 1.54) is 6.42 Å². The van der Waals surface area contributed by atoms with Crippen molar-refractivity contribution in [3.63, 3.8) is 0 Å². The largest absolute Gasteiger partial charge is 0.342 e. The Balaban J connectivity index is 1.83. The number of piperidine rings is 1. The Morgan fingerprint density at radius 2 is 1.70 bits per heavy atom. The molecule has 1 saturated heterocycles. The molecule has 5 heteroatoms. The van der Waals surface area contributed by atoms with E-state index in [9.17, 15) is 9.59 Å². The molecule has 0 aliphatic carbocycles. The van der Waals surface area contributed by atoms with E-state index >= 15 is 0 Å². The Hall–Kier alpha value is -1.88. The fourth-order valence-electron chi connectivity index (χ4n) is 2.97. The topological polar surface area (TPSA) is 52.7 Å². The molecule has 1 aliphatic heterocycles. The minimum absolute atomic E-state index is 0.0867. The van der Waals surface area contributed by atoms with Crippen LogP contribution < -0.4 is 5.32 Å². The number of nitrogens with zero attached hydrogens (tertiary/aromatic N) is 2. The summed E-state index contributed by atoms with van der Waals surface area (Å²) in [6, 6.07) is 5.93. The number of carbonyl (C=O) groups is 2. The number of hydrogen-bond donors (Lipinski definition) is 1. The molecule has 1 fully saturated rings. The van der Waals surface area contributed by atoms with Crippen molar-refractivity contribution in [2.75, 3.05) is 38.5 Å². The van der Waals surface area contributed by atoms with Gasteiger partial charge in [-0.3, -0.25) is 14.5 Å². The second kappa shape index (κ2) is 8.11. The third-order valence-corrected chi connectivity index (χ3v) is 4.27. The molecule has 1 heterocycles. The number of likely N-dealkylation sites (tertiary alicyclic amines) is 1. The molecule has 0 bridgehead atoms. The summed E-state index contributed by atoms with van der Waals surface area (Å²) in [5.74, 6) is 0.0309. The Morgan fingerprint density at radius 3 is 2.30 bits per heavy atom. The second-order valence-corrected chi connectivity index (χ2v) is 6.43. The standard InChI is InChI=1S/C18H27N3O2/c1-14-8-7-9-15(2)18(14)19-16(22)12-20(3)13-17(23)21-10-5-4-6-11-21/h7-9H,4-6,10-13H2,1-3H3,(H,19,22). The Bertz CT molecular complexity index is 545. The van der Waals surface area contributed by atoms with Crippen molar-refractivity contribution in [3.8, 4) is 0 Å². The maximum absolute atomic E-state index is 12.2. The molecule has 23 heavy (non-hydrogen) atoms. The molecule has 5 nitrogen and oxygen atoms in total.